The summed E-state index contributed by atoms with van der Waals surface area (Å²) in [5.74, 6) is -0.307. The molecule has 0 spiro atoms. The molecule has 0 aliphatic rings. The lowest BCUT2D eigenvalue weighted by Crippen LogP contribution is -2.08. The maximum atomic E-state index is 11.9. The number of carbonyl (C=O) groups excluding carboxylic acids is 1. The number of esters is 1. The maximum absolute atomic E-state index is 11.9. The van der Waals surface area contributed by atoms with E-state index in [0.29, 0.717) is 24.4 Å². The second kappa shape index (κ2) is 6.16. The summed E-state index contributed by atoms with van der Waals surface area (Å²) in [6, 6.07) is 4.18. The zero-order chi connectivity index (χ0) is 13.8. The van der Waals surface area contributed by atoms with Gasteiger partial charge in [0, 0.05) is 9.75 Å². The van der Waals surface area contributed by atoms with E-state index in [-0.39, 0.29) is 5.97 Å². The Kier molecular flexibility index (Phi) is 4.55. The lowest BCUT2D eigenvalue weighted by molar-refractivity contribution is 0.0527. The van der Waals surface area contributed by atoms with Gasteiger partial charge in [-0.2, -0.15) is 4.37 Å². The Bertz CT molecular complexity index is 575. The number of aromatic nitrogens is 1. The van der Waals surface area contributed by atoms with Crippen molar-refractivity contribution in [1.82, 2.24) is 4.37 Å². The standard InChI is InChI=1S/C13H16N2O2S2/c1-4-17-13(16)11-9(3)15-19-12(11)14-7-10-6-5-8(2)18-10/h5-6,14H,4,7H2,1-3H3. The lowest BCUT2D eigenvalue weighted by Gasteiger charge is -2.05. The molecule has 0 aliphatic heterocycles. The quantitative estimate of drug-likeness (QED) is 0.856. The van der Waals surface area contributed by atoms with Crippen molar-refractivity contribution in [2.24, 2.45) is 0 Å². The molecule has 2 rings (SSSR count). The highest BCUT2D eigenvalue weighted by molar-refractivity contribution is 7.12. The third kappa shape index (κ3) is 3.33. The first kappa shape index (κ1) is 14.0. The van der Waals surface area contributed by atoms with Gasteiger partial charge in [-0.15, -0.1) is 11.3 Å². The van der Waals surface area contributed by atoms with E-state index in [2.05, 4.69) is 28.7 Å². The molecule has 2 heterocycles. The SMILES string of the molecule is CCOC(=O)c1c(C)nsc1NCc1ccc(C)s1. The molecule has 0 amide bonds. The second-order valence-electron chi connectivity index (χ2n) is 4.06. The fourth-order valence-electron chi connectivity index (χ4n) is 1.68. The molecule has 19 heavy (non-hydrogen) atoms. The van der Waals surface area contributed by atoms with Gasteiger partial charge in [0.1, 0.15) is 10.6 Å². The summed E-state index contributed by atoms with van der Waals surface area (Å²) >= 11 is 3.04. The number of rotatable bonds is 5. The summed E-state index contributed by atoms with van der Waals surface area (Å²) in [5, 5.41) is 4.05. The number of anilines is 1. The zero-order valence-corrected chi connectivity index (χ0v) is 12.8. The van der Waals surface area contributed by atoms with E-state index in [1.807, 2.05) is 6.92 Å². The molecule has 0 saturated carbocycles. The maximum Gasteiger partial charge on any atom is 0.343 e. The van der Waals surface area contributed by atoms with Crippen LogP contribution < -0.4 is 5.32 Å². The normalized spacial score (nSPS) is 10.5. The van der Waals surface area contributed by atoms with Gasteiger partial charge >= 0.3 is 5.97 Å². The van der Waals surface area contributed by atoms with Crippen LogP contribution in [0.2, 0.25) is 0 Å². The number of hydrogen-bond acceptors (Lipinski definition) is 6. The third-order valence-corrected chi connectivity index (χ3v) is 4.46. The average molecular weight is 296 g/mol. The third-order valence-electron chi connectivity index (χ3n) is 2.56. The van der Waals surface area contributed by atoms with E-state index in [1.54, 1.807) is 18.3 Å². The highest BCUT2D eigenvalue weighted by Gasteiger charge is 2.19. The average Bonchev–Trinajstić information content (AvgIpc) is 2.93. The molecule has 0 aliphatic carbocycles. The van der Waals surface area contributed by atoms with E-state index >= 15 is 0 Å². The molecule has 0 radical (unpaired) electrons. The molecule has 6 heteroatoms. The van der Waals surface area contributed by atoms with Gasteiger partial charge in [0.2, 0.25) is 0 Å². The van der Waals surface area contributed by atoms with E-state index in [1.165, 1.54) is 21.3 Å². The van der Waals surface area contributed by atoms with Crippen LogP contribution in [0.1, 0.15) is 32.7 Å². The predicted molar refractivity (Wildman–Crippen MR) is 79.2 cm³/mol. The number of hydrogen-bond donors (Lipinski definition) is 1. The van der Waals surface area contributed by atoms with E-state index < -0.39 is 0 Å². The van der Waals surface area contributed by atoms with Crippen LogP contribution in [0.25, 0.3) is 0 Å². The molecular formula is C13H16N2O2S2. The first-order chi connectivity index (χ1) is 9.11. The summed E-state index contributed by atoms with van der Waals surface area (Å²) in [4.78, 5) is 14.4. The first-order valence-electron chi connectivity index (χ1n) is 6.04. The smallest absolute Gasteiger partial charge is 0.343 e. The van der Waals surface area contributed by atoms with Crippen LogP contribution in [0, 0.1) is 13.8 Å². The zero-order valence-electron chi connectivity index (χ0n) is 11.1. The molecule has 0 unspecified atom stereocenters. The Morgan fingerprint density at radius 1 is 1.42 bits per heavy atom. The highest BCUT2D eigenvalue weighted by Crippen LogP contribution is 2.26. The second-order valence-corrected chi connectivity index (χ2v) is 6.20. The van der Waals surface area contributed by atoms with Crippen molar-refractivity contribution < 1.29 is 9.53 Å². The van der Waals surface area contributed by atoms with Gasteiger partial charge in [-0.1, -0.05) is 0 Å². The van der Waals surface area contributed by atoms with Crippen LogP contribution in [-0.2, 0) is 11.3 Å². The minimum atomic E-state index is -0.307. The van der Waals surface area contributed by atoms with Crippen LogP contribution in [-0.4, -0.2) is 16.9 Å². The van der Waals surface area contributed by atoms with Crippen molar-refractivity contribution in [2.75, 3.05) is 11.9 Å². The number of carbonyl (C=O) groups is 1. The van der Waals surface area contributed by atoms with Gasteiger partial charge in [0.15, 0.2) is 0 Å². The van der Waals surface area contributed by atoms with Crippen LogP contribution in [0.4, 0.5) is 5.00 Å². The van der Waals surface area contributed by atoms with Crippen LogP contribution in [0.3, 0.4) is 0 Å². The molecule has 0 fully saturated rings. The Morgan fingerprint density at radius 2 is 2.21 bits per heavy atom. The fraction of sp³-hybridized carbons (Fsp3) is 0.385. The summed E-state index contributed by atoms with van der Waals surface area (Å²) in [6.07, 6.45) is 0. The summed E-state index contributed by atoms with van der Waals surface area (Å²) in [5.41, 5.74) is 1.27. The van der Waals surface area contributed by atoms with Crippen molar-refractivity contribution in [3.05, 3.63) is 33.1 Å². The summed E-state index contributed by atoms with van der Waals surface area (Å²) in [6.45, 7) is 6.77. The molecule has 4 nitrogen and oxygen atoms in total. The van der Waals surface area contributed by atoms with Gasteiger partial charge in [-0.3, -0.25) is 0 Å². The van der Waals surface area contributed by atoms with Gasteiger partial charge < -0.3 is 10.1 Å². The van der Waals surface area contributed by atoms with Gasteiger partial charge in [-0.25, -0.2) is 4.79 Å². The molecular weight excluding hydrogens is 280 g/mol. The van der Waals surface area contributed by atoms with Crippen LogP contribution in [0.5, 0.6) is 0 Å². The first-order valence-corrected chi connectivity index (χ1v) is 7.63. The van der Waals surface area contributed by atoms with Gasteiger partial charge in [0.05, 0.1) is 18.8 Å². The minimum Gasteiger partial charge on any atom is -0.462 e. The molecule has 0 bridgehead atoms. The molecule has 0 aromatic carbocycles. The van der Waals surface area contributed by atoms with Gasteiger partial charge in [0.25, 0.3) is 0 Å². The number of aryl methyl sites for hydroxylation is 2. The molecule has 102 valence electrons. The molecule has 0 saturated heterocycles. The fourth-order valence-corrected chi connectivity index (χ4v) is 3.29. The number of nitrogens with one attached hydrogen (secondary N) is 1. The molecule has 0 atom stereocenters. The topological polar surface area (TPSA) is 51.2 Å². The van der Waals surface area contributed by atoms with Crippen LogP contribution in [0.15, 0.2) is 12.1 Å². The van der Waals surface area contributed by atoms with Gasteiger partial charge in [-0.05, 0) is 44.4 Å². The van der Waals surface area contributed by atoms with E-state index in [0.717, 1.165) is 5.00 Å². The van der Waals surface area contributed by atoms with Crippen molar-refractivity contribution in [1.29, 1.82) is 0 Å². The highest BCUT2D eigenvalue weighted by atomic mass is 32.1. The van der Waals surface area contributed by atoms with Crippen molar-refractivity contribution in [3.63, 3.8) is 0 Å². The Labute approximate surface area is 120 Å². The Morgan fingerprint density at radius 3 is 2.84 bits per heavy atom. The largest absolute Gasteiger partial charge is 0.462 e. The molecule has 2 aromatic rings. The molecule has 1 N–H and O–H groups in total. The van der Waals surface area contributed by atoms with E-state index in [4.69, 9.17) is 4.74 Å². The van der Waals surface area contributed by atoms with Crippen molar-refractivity contribution >= 4 is 33.8 Å². The van der Waals surface area contributed by atoms with E-state index in [9.17, 15) is 4.79 Å². The summed E-state index contributed by atoms with van der Waals surface area (Å²) in [7, 11) is 0. The lowest BCUT2D eigenvalue weighted by atomic mass is 10.2. The predicted octanol–water partition coefficient (Wildman–Crippen LogP) is 3.61. The van der Waals surface area contributed by atoms with Crippen molar-refractivity contribution in [3.8, 4) is 0 Å². The van der Waals surface area contributed by atoms with Crippen LogP contribution >= 0.6 is 22.9 Å². The Hall–Kier alpha value is -1.40. The minimum absolute atomic E-state index is 0.307. The number of nitrogens with zero attached hydrogens (tertiary/aromatic N) is 1. The number of thiophene rings is 1. The summed E-state index contributed by atoms with van der Waals surface area (Å²) < 4.78 is 9.27. The molecule has 2 aromatic heterocycles. The van der Waals surface area contributed by atoms with Crippen molar-refractivity contribution in [2.45, 2.75) is 27.3 Å². The monoisotopic (exact) mass is 296 g/mol. The number of ether oxygens (including phenoxy) is 1. The Balaban J connectivity index is 2.10.